The fourth-order valence-corrected chi connectivity index (χ4v) is 4.26. The number of halogens is 2. The third-order valence-electron chi connectivity index (χ3n) is 3.92. The summed E-state index contributed by atoms with van der Waals surface area (Å²) in [6.07, 6.45) is 0. The number of ether oxygens (including phenoxy) is 1. The summed E-state index contributed by atoms with van der Waals surface area (Å²) in [6, 6.07) is 10.7. The predicted molar refractivity (Wildman–Crippen MR) is 100 cm³/mol. The van der Waals surface area contributed by atoms with Gasteiger partial charge in [-0.05, 0) is 36.4 Å². The number of amides is 1. The van der Waals surface area contributed by atoms with Gasteiger partial charge in [0.25, 0.3) is 5.91 Å². The van der Waals surface area contributed by atoms with Crippen molar-refractivity contribution >= 4 is 44.8 Å². The Labute approximate surface area is 161 Å². The van der Waals surface area contributed by atoms with Crippen molar-refractivity contribution < 1.29 is 17.9 Å². The number of morpholine rings is 1. The third kappa shape index (κ3) is 4.02. The Bertz CT molecular complexity index is 911. The summed E-state index contributed by atoms with van der Waals surface area (Å²) in [5, 5.41) is 3.23. The van der Waals surface area contributed by atoms with Crippen LogP contribution in [0.2, 0.25) is 10.0 Å². The quantitative estimate of drug-likeness (QED) is 0.832. The zero-order valence-corrected chi connectivity index (χ0v) is 15.9. The van der Waals surface area contributed by atoms with Crippen molar-refractivity contribution in [1.29, 1.82) is 0 Å². The second-order valence-electron chi connectivity index (χ2n) is 5.60. The van der Waals surface area contributed by atoms with Crippen LogP contribution >= 0.6 is 23.2 Å². The molecule has 0 bridgehead atoms. The summed E-state index contributed by atoms with van der Waals surface area (Å²) in [6.45, 7) is 1.38. The summed E-state index contributed by atoms with van der Waals surface area (Å²) >= 11 is 12.0. The van der Waals surface area contributed by atoms with E-state index in [1.165, 1.54) is 28.6 Å². The lowest BCUT2D eigenvalue weighted by atomic mass is 10.2. The topological polar surface area (TPSA) is 75.7 Å². The second-order valence-corrected chi connectivity index (χ2v) is 8.32. The van der Waals surface area contributed by atoms with Crippen LogP contribution in [-0.2, 0) is 14.8 Å². The summed E-state index contributed by atoms with van der Waals surface area (Å²) in [5.74, 6) is -0.413. The van der Waals surface area contributed by atoms with Gasteiger partial charge >= 0.3 is 0 Å². The Morgan fingerprint density at radius 1 is 1.04 bits per heavy atom. The van der Waals surface area contributed by atoms with Gasteiger partial charge in [0.15, 0.2) is 0 Å². The number of anilines is 1. The second kappa shape index (κ2) is 7.94. The van der Waals surface area contributed by atoms with Crippen LogP contribution in [0.1, 0.15) is 10.4 Å². The highest BCUT2D eigenvalue weighted by Crippen LogP contribution is 2.30. The lowest BCUT2D eigenvalue weighted by Crippen LogP contribution is -2.40. The molecule has 0 aromatic heterocycles. The van der Waals surface area contributed by atoms with Gasteiger partial charge in [0.1, 0.15) is 0 Å². The van der Waals surface area contributed by atoms with E-state index in [1.54, 1.807) is 18.2 Å². The van der Waals surface area contributed by atoms with E-state index in [4.69, 9.17) is 27.9 Å². The molecule has 0 spiro atoms. The summed E-state index contributed by atoms with van der Waals surface area (Å²) in [5.41, 5.74) is 0.691. The van der Waals surface area contributed by atoms with Gasteiger partial charge in [-0.3, -0.25) is 4.79 Å². The molecular formula is C17H16Cl2N2O4S. The molecule has 6 nitrogen and oxygen atoms in total. The Balaban J connectivity index is 1.76. The fourth-order valence-electron chi connectivity index (χ4n) is 2.51. The molecule has 0 radical (unpaired) electrons. The maximum Gasteiger partial charge on any atom is 0.255 e. The molecule has 1 aliphatic rings. The molecule has 2 aromatic carbocycles. The number of nitrogens with zero attached hydrogens (tertiary/aromatic N) is 1. The molecule has 0 unspecified atom stereocenters. The molecule has 1 fully saturated rings. The number of rotatable bonds is 4. The predicted octanol–water partition coefficient (Wildman–Crippen LogP) is 3.27. The van der Waals surface area contributed by atoms with E-state index in [0.717, 1.165) is 0 Å². The molecule has 1 amide bonds. The van der Waals surface area contributed by atoms with Crippen LogP contribution in [0.4, 0.5) is 5.69 Å². The molecule has 0 atom stereocenters. The van der Waals surface area contributed by atoms with Gasteiger partial charge < -0.3 is 10.1 Å². The van der Waals surface area contributed by atoms with Crippen molar-refractivity contribution in [1.82, 2.24) is 4.31 Å². The molecule has 0 aliphatic carbocycles. The van der Waals surface area contributed by atoms with Crippen LogP contribution in [0.3, 0.4) is 0 Å². The van der Waals surface area contributed by atoms with Crippen LogP contribution in [0.5, 0.6) is 0 Å². The summed E-state index contributed by atoms with van der Waals surface area (Å²) in [7, 11) is -3.59. The first-order chi connectivity index (χ1) is 12.4. The minimum Gasteiger partial charge on any atom is -0.379 e. The molecule has 2 aromatic rings. The summed E-state index contributed by atoms with van der Waals surface area (Å²) < 4.78 is 31.7. The van der Waals surface area contributed by atoms with Gasteiger partial charge in [-0.2, -0.15) is 4.31 Å². The standard InChI is InChI=1S/C17H16Cl2N2O4S/c18-14-2-1-3-15(16(14)19)20-17(22)12-4-6-13(7-5-12)26(23,24)21-8-10-25-11-9-21/h1-7H,8-11H2,(H,20,22). The summed E-state index contributed by atoms with van der Waals surface area (Å²) in [4.78, 5) is 12.5. The maximum atomic E-state index is 12.6. The number of benzene rings is 2. The van der Waals surface area contributed by atoms with E-state index in [0.29, 0.717) is 42.6 Å². The first kappa shape index (κ1) is 19.1. The average Bonchev–Trinajstić information content (AvgIpc) is 2.66. The minimum atomic E-state index is -3.59. The van der Waals surface area contributed by atoms with Gasteiger partial charge in [-0.25, -0.2) is 8.42 Å². The highest BCUT2D eigenvalue weighted by molar-refractivity contribution is 7.89. The van der Waals surface area contributed by atoms with E-state index in [2.05, 4.69) is 5.32 Å². The van der Waals surface area contributed by atoms with Crippen LogP contribution < -0.4 is 5.32 Å². The van der Waals surface area contributed by atoms with Crippen molar-refractivity contribution in [2.45, 2.75) is 4.90 Å². The first-order valence-electron chi connectivity index (χ1n) is 7.83. The van der Waals surface area contributed by atoms with Gasteiger partial charge in [0, 0.05) is 18.7 Å². The van der Waals surface area contributed by atoms with E-state index in [1.807, 2.05) is 0 Å². The smallest absolute Gasteiger partial charge is 0.255 e. The van der Waals surface area contributed by atoms with Gasteiger partial charge in [-0.1, -0.05) is 29.3 Å². The van der Waals surface area contributed by atoms with E-state index >= 15 is 0 Å². The SMILES string of the molecule is O=C(Nc1cccc(Cl)c1Cl)c1ccc(S(=O)(=O)N2CCOCC2)cc1. The van der Waals surface area contributed by atoms with Crippen molar-refractivity contribution in [3.8, 4) is 0 Å². The number of carbonyl (C=O) groups is 1. The van der Waals surface area contributed by atoms with E-state index in [-0.39, 0.29) is 9.92 Å². The Kier molecular flexibility index (Phi) is 5.84. The Hall–Kier alpha value is -1.64. The molecule has 1 N–H and O–H groups in total. The largest absolute Gasteiger partial charge is 0.379 e. The highest BCUT2D eigenvalue weighted by Gasteiger charge is 2.26. The number of nitrogens with one attached hydrogen (secondary N) is 1. The van der Waals surface area contributed by atoms with Crippen molar-refractivity contribution in [3.63, 3.8) is 0 Å². The van der Waals surface area contributed by atoms with Gasteiger partial charge in [0.05, 0.1) is 33.8 Å². The molecule has 9 heteroatoms. The maximum absolute atomic E-state index is 12.6. The van der Waals surface area contributed by atoms with E-state index < -0.39 is 15.9 Å². The fraction of sp³-hybridized carbons (Fsp3) is 0.235. The zero-order valence-electron chi connectivity index (χ0n) is 13.6. The number of hydrogen-bond acceptors (Lipinski definition) is 4. The zero-order chi connectivity index (χ0) is 18.7. The lowest BCUT2D eigenvalue weighted by Gasteiger charge is -2.26. The van der Waals surface area contributed by atoms with Crippen LogP contribution in [0.25, 0.3) is 0 Å². The molecule has 0 saturated carbocycles. The van der Waals surface area contributed by atoms with Crippen molar-refractivity contribution in [2.75, 3.05) is 31.6 Å². The molecule has 3 rings (SSSR count). The molecule has 1 aliphatic heterocycles. The normalized spacial score (nSPS) is 15.6. The Morgan fingerprint density at radius 3 is 2.35 bits per heavy atom. The minimum absolute atomic E-state index is 0.136. The number of hydrogen-bond donors (Lipinski definition) is 1. The van der Waals surface area contributed by atoms with Crippen LogP contribution in [0, 0.1) is 0 Å². The molecule has 138 valence electrons. The molecular weight excluding hydrogens is 399 g/mol. The van der Waals surface area contributed by atoms with Gasteiger partial charge in [0.2, 0.25) is 10.0 Å². The van der Waals surface area contributed by atoms with Crippen molar-refractivity contribution in [3.05, 3.63) is 58.1 Å². The van der Waals surface area contributed by atoms with E-state index in [9.17, 15) is 13.2 Å². The van der Waals surface area contributed by atoms with Gasteiger partial charge in [-0.15, -0.1) is 0 Å². The van der Waals surface area contributed by atoms with Crippen LogP contribution in [-0.4, -0.2) is 44.9 Å². The highest BCUT2D eigenvalue weighted by atomic mass is 35.5. The third-order valence-corrected chi connectivity index (χ3v) is 6.66. The number of sulfonamides is 1. The first-order valence-corrected chi connectivity index (χ1v) is 10.0. The van der Waals surface area contributed by atoms with Crippen molar-refractivity contribution in [2.24, 2.45) is 0 Å². The monoisotopic (exact) mass is 414 g/mol. The average molecular weight is 415 g/mol. The molecule has 1 saturated heterocycles. The van der Waals surface area contributed by atoms with Crippen LogP contribution in [0.15, 0.2) is 47.4 Å². The molecule has 26 heavy (non-hydrogen) atoms. The lowest BCUT2D eigenvalue weighted by molar-refractivity contribution is 0.0730. The molecule has 1 heterocycles. The number of carbonyl (C=O) groups excluding carboxylic acids is 1. The Morgan fingerprint density at radius 2 is 1.69 bits per heavy atom.